The Bertz CT molecular complexity index is 922. The zero-order valence-corrected chi connectivity index (χ0v) is 13.2. The third-order valence-corrected chi connectivity index (χ3v) is 4.91. The lowest BCUT2D eigenvalue weighted by Gasteiger charge is -2.13. The van der Waals surface area contributed by atoms with Gasteiger partial charge in [-0.15, -0.1) is 0 Å². The molecule has 1 aromatic carbocycles. The third kappa shape index (κ3) is 3.24. The Balaban J connectivity index is 1.79. The van der Waals surface area contributed by atoms with Crippen LogP contribution in [0.25, 0.3) is 11.1 Å². The molecule has 3 N–H and O–H groups in total. The number of nitrogens with two attached hydrogens (primary N) is 1. The van der Waals surface area contributed by atoms with Gasteiger partial charge in [-0.25, -0.2) is 18.1 Å². The largest absolute Gasteiger partial charge is 0.336 e. The van der Waals surface area contributed by atoms with Crippen molar-refractivity contribution in [3.8, 4) is 0 Å². The SMILES string of the molecule is Cc1noc2ncc(S(=O)(=O)NC[C@@H](N)c3ccccc3)cc12. The van der Waals surface area contributed by atoms with E-state index in [9.17, 15) is 8.42 Å². The van der Waals surface area contributed by atoms with E-state index < -0.39 is 16.1 Å². The molecule has 0 spiro atoms. The second-order valence-corrected chi connectivity index (χ2v) is 6.93. The van der Waals surface area contributed by atoms with E-state index in [1.807, 2.05) is 30.3 Å². The third-order valence-electron chi connectivity index (χ3n) is 3.52. The highest BCUT2D eigenvalue weighted by Crippen LogP contribution is 2.19. The monoisotopic (exact) mass is 332 g/mol. The average Bonchev–Trinajstić information content (AvgIpc) is 2.94. The molecule has 0 saturated heterocycles. The molecule has 0 aliphatic carbocycles. The van der Waals surface area contributed by atoms with Crippen LogP contribution in [0.2, 0.25) is 0 Å². The number of nitrogens with zero attached hydrogens (tertiary/aromatic N) is 2. The summed E-state index contributed by atoms with van der Waals surface area (Å²) in [5.41, 5.74) is 7.77. The van der Waals surface area contributed by atoms with Crippen LogP contribution in [0.4, 0.5) is 0 Å². The van der Waals surface area contributed by atoms with Crippen LogP contribution in [0, 0.1) is 6.92 Å². The van der Waals surface area contributed by atoms with Crippen LogP contribution >= 0.6 is 0 Å². The Kier molecular flexibility index (Phi) is 4.12. The maximum absolute atomic E-state index is 12.4. The lowest BCUT2D eigenvalue weighted by atomic mass is 10.1. The molecule has 0 aliphatic heterocycles. The second-order valence-electron chi connectivity index (χ2n) is 5.16. The summed E-state index contributed by atoms with van der Waals surface area (Å²) in [4.78, 5) is 4.03. The predicted octanol–water partition coefficient (Wildman–Crippen LogP) is 1.51. The highest BCUT2D eigenvalue weighted by molar-refractivity contribution is 7.89. The predicted molar refractivity (Wildman–Crippen MR) is 85.1 cm³/mol. The van der Waals surface area contributed by atoms with Gasteiger partial charge in [-0.1, -0.05) is 35.5 Å². The van der Waals surface area contributed by atoms with Crippen molar-refractivity contribution in [2.75, 3.05) is 6.54 Å². The van der Waals surface area contributed by atoms with E-state index in [1.54, 1.807) is 6.92 Å². The Morgan fingerprint density at radius 1 is 1.30 bits per heavy atom. The fraction of sp³-hybridized carbons (Fsp3) is 0.200. The van der Waals surface area contributed by atoms with Gasteiger partial charge in [0.2, 0.25) is 10.0 Å². The number of aromatic nitrogens is 2. The van der Waals surface area contributed by atoms with Gasteiger partial charge in [-0.3, -0.25) is 0 Å². The Morgan fingerprint density at radius 3 is 2.78 bits per heavy atom. The quantitative estimate of drug-likeness (QED) is 0.732. The van der Waals surface area contributed by atoms with Gasteiger partial charge in [0, 0.05) is 12.6 Å². The van der Waals surface area contributed by atoms with Crippen LogP contribution in [-0.2, 0) is 10.0 Å². The van der Waals surface area contributed by atoms with Crippen molar-refractivity contribution in [3.63, 3.8) is 0 Å². The summed E-state index contributed by atoms with van der Waals surface area (Å²) in [7, 11) is -3.71. The number of hydrogen-bond donors (Lipinski definition) is 2. The molecule has 0 aliphatic rings. The van der Waals surface area contributed by atoms with Gasteiger partial charge in [-0.05, 0) is 18.6 Å². The van der Waals surface area contributed by atoms with Crippen molar-refractivity contribution in [1.82, 2.24) is 14.9 Å². The number of hydrogen-bond acceptors (Lipinski definition) is 6. The van der Waals surface area contributed by atoms with Gasteiger partial charge >= 0.3 is 0 Å². The van der Waals surface area contributed by atoms with Crippen LogP contribution in [0.1, 0.15) is 17.3 Å². The van der Waals surface area contributed by atoms with Crippen LogP contribution in [0.3, 0.4) is 0 Å². The summed E-state index contributed by atoms with van der Waals surface area (Å²) in [6.45, 7) is 1.82. The summed E-state index contributed by atoms with van der Waals surface area (Å²) < 4.78 is 32.3. The summed E-state index contributed by atoms with van der Waals surface area (Å²) in [6.07, 6.45) is 1.24. The first kappa shape index (κ1) is 15.6. The molecular formula is C15H16N4O3S. The first-order chi connectivity index (χ1) is 11.0. The minimum Gasteiger partial charge on any atom is -0.336 e. The molecule has 0 fully saturated rings. The van der Waals surface area contributed by atoms with Gasteiger partial charge in [0.05, 0.1) is 17.3 Å². The molecule has 0 radical (unpaired) electrons. The maximum Gasteiger partial charge on any atom is 0.257 e. The molecule has 0 bridgehead atoms. The molecule has 1 atom stereocenters. The molecule has 0 unspecified atom stereocenters. The van der Waals surface area contributed by atoms with E-state index in [2.05, 4.69) is 14.9 Å². The van der Waals surface area contributed by atoms with Crippen molar-refractivity contribution < 1.29 is 12.9 Å². The van der Waals surface area contributed by atoms with Crippen molar-refractivity contribution in [1.29, 1.82) is 0 Å². The lowest BCUT2D eigenvalue weighted by Crippen LogP contribution is -2.32. The highest BCUT2D eigenvalue weighted by Gasteiger charge is 2.18. The molecule has 3 rings (SSSR count). The van der Waals surface area contributed by atoms with Crippen molar-refractivity contribution in [2.45, 2.75) is 17.9 Å². The van der Waals surface area contributed by atoms with Gasteiger partial charge in [0.25, 0.3) is 5.71 Å². The first-order valence-corrected chi connectivity index (χ1v) is 8.48. The number of fused-ring (bicyclic) bond motifs is 1. The smallest absolute Gasteiger partial charge is 0.257 e. The van der Waals surface area contributed by atoms with E-state index in [1.165, 1.54) is 12.3 Å². The molecule has 23 heavy (non-hydrogen) atoms. The number of sulfonamides is 1. The molecule has 2 heterocycles. The molecule has 7 nitrogen and oxygen atoms in total. The van der Waals surface area contributed by atoms with Gasteiger partial charge < -0.3 is 10.3 Å². The summed E-state index contributed by atoms with van der Waals surface area (Å²) in [5, 5.41) is 4.33. The Hall–Kier alpha value is -2.29. The molecule has 0 saturated carbocycles. The van der Waals surface area contributed by atoms with Gasteiger partial charge in [0.1, 0.15) is 4.90 Å². The molecular weight excluding hydrogens is 316 g/mol. The van der Waals surface area contributed by atoms with Crippen LogP contribution in [0.5, 0.6) is 0 Å². The standard InChI is InChI=1S/C15H16N4O3S/c1-10-13-7-12(8-17-15(13)22-19-10)23(20,21)18-9-14(16)11-5-3-2-4-6-11/h2-8,14,18H,9,16H2,1H3/t14-/m1/s1. The fourth-order valence-corrected chi connectivity index (χ4v) is 3.20. The fourth-order valence-electron chi connectivity index (χ4n) is 2.17. The topological polar surface area (TPSA) is 111 Å². The molecule has 8 heteroatoms. The average molecular weight is 332 g/mol. The first-order valence-electron chi connectivity index (χ1n) is 6.99. The number of benzene rings is 1. The van der Waals surface area contributed by atoms with Crippen molar-refractivity contribution in [3.05, 3.63) is 53.9 Å². The van der Waals surface area contributed by atoms with Crippen LogP contribution in [0.15, 0.2) is 52.0 Å². The lowest BCUT2D eigenvalue weighted by molar-refractivity contribution is 0.442. The summed E-state index contributed by atoms with van der Waals surface area (Å²) in [5.74, 6) is 0. The van der Waals surface area contributed by atoms with Crippen LogP contribution < -0.4 is 10.5 Å². The van der Waals surface area contributed by atoms with E-state index >= 15 is 0 Å². The maximum atomic E-state index is 12.4. The molecule has 0 amide bonds. The number of nitrogens with one attached hydrogen (secondary N) is 1. The Labute approximate surface area is 133 Å². The minimum atomic E-state index is -3.71. The van der Waals surface area contributed by atoms with E-state index in [-0.39, 0.29) is 11.4 Å². The molecule has 3 aromatic rings. The number of pyridine rings is 1. The summed E-state index contributed by atoms with van der Waals surface area (Å²) in [6, 6.07) is 10.4. The minimum absolute atomic E-state index is 0.0524. The van der Waals surface area contributed by atoms with E-state index in [4.69, 9.17) is 10.3 Å². The normalized spacial score (nSPS) is 13.3. The van der Waals surface area contributed by atoms with Crippen LogP contribution in [-0.4, -0.2) is 25.1 Å². The number of rotatable bonds is 5. The van der Waals surface area contributed by atoms with Gasteiger partial charge in [-0.2, -0.15) is 0 Å². The second kappa shape index (κ2) is 6.07. The number of aryl methyl sites for hydroxylation is 1. The van der Waals surface area contributed by atoms with Gasteiger partial charge in [0.15, 0.2) is 0 Å². The zero-order valence-electron chi connectivity index (χ0n) is 12.4. The van der Waals surface area contributed by atoms with E-state index in [0.29, 0.717) is 16.8 Å². The molecule has 120 valence electrons. The summed E-state index contributed by atoms with van der Waals surface area (Å²) >= 11 is 0. The Morgan fingerprint density at radius 2 is 2.04 bits per heavy atom. The molecule has 2 aromatic heterocycles. The zero-order chi connectivity index (χ0) is 16.4. The van der Waals surface area contributed by atoms with Crippen molar-refractivity contribution in [2.24, 2.45) is 5.73 Å². The van der Waals surface area contributed by atoms with E-state index in [0.717, 1.165) is 5.56 Å². The highest BCUT2D eigenvalue weighted by atomic mass is 32.2. The van der Waals surface area contributed by atoms with Crippen molar-refractivity contribution >= 4 is 21.1 Å².